The highest BCUT2D eigenvalue weighted by Gasteiger charge is 2.12. The van der Waals surface area contributed by atoms with Crippen molar-refractivity contribution in [1.82, 2.24) is 15.1 Å². The van der Waals surface area contributed by atoms with Gasteiger partial charge < -0.3 is 10.3 Å². The predicted molar refractivity (Wildman–Crippen MR) is 51.4 cm³/mol. The summed E-state index contributed by atoms with van der Waals surface area (Å²) in [6.07, 6.45) is 3.13. The first-order chi connectivity index (χ1) is 6.68. The summed E-state index contributed by atoms with van der Waals surface area (Å²) in [7, 11) is 0. The lowest BCUT2D eigenvalue weighted by Crippen LogP contribution is -1.93. The van der Waals surface area contributed by atoms with Crippen LogP contribution in [0.1, 0.15) is 11.5 Å². The third kappa shape index (κ3) is 1.32. The molecule has 0 bridgehead atoms. The highest BCUT2D eigenvalue weighted by Crippen LogP contribution is 2.24. The summed E-state index contributed by atoms with van der Waals surface area (Å²) >= 11 is 0. The molecular weight excluding hydrogens is 180 g/mol. The molecule has 2 rings (SSSR count). The summed E-state index contributed by atoms with van der Waals surface area (Å²) in [5.74, 6) is 1.14. The summed E-state index contributed by atoms with van der Waals surface area (Å²) in [4.78, 5) is 8.12. The molecule has 14 heavy (non-hydrogen) atoms. The third-order valence-electron chi connectivity index (χ3n) is 1.96. The maximum Gasteiger partial charge on any atom is 0.143 e. The first-order valence-corrected chi connectivity index (χ1v) is 4.19. The number of aryl methyl sites for hydroxylation is 2. The zero-order valence-corrected chi connectivity index (χ0v) is 7.98. The molecule has 0 amide bonds. The van der Waals surface area contributed by atoms with Gasteiger partial charge in [-0.05, 0) is 13.8 Å². The molecule has 0 atom stereocenters. The number of rotatable bonds is 1. The molecule has 72 valence electrons. The zero-order chi connectivity index (χ0) is 10.1. The first-order valence-electron chi connectivity index (χ1n) is 4.19. The van der Waals surface area contributed by atoms with Crippen molar-refractivity contribution in [2.24, 2.45) is 0 Å². The average Bonchev–Trinajstić information content (AvgIpc) is 2.49. The van der Waals surface area contributed by atoms with Gasteiger partial charge >= 0.3 is 0 Å². The lowest BCUT2D eigenvalue weighted by molar-refractivity contribution is 0.393. The predicted octanol–water partition coefficient (Wildman–Crippen LogP) is 1.33. The Morgan fingerprint density at radius 2 is 2.00 bits per heavy atom. The van der Waals surface area contributed by atoms with Crippen molar-refractivity contribution in [2.75, 3.05) is 5.73 Å². The van der Waals surface area contributed by atoms with Crippen LogP contribution in [-0.2, 0) is 0 Å². The molecule has 0 saturated heterocycles. The first kappa shape index (κ1) is 8.68. The lowest BCUT2D eigenvalue weighted by Gasteiger charge is -1.98. The van der Waals surface area contributed by atoms with Crippen molar-refractivity contribution < 1.29 is 4.52 Å². The summed E-state index contributed by atoms with van der Waals surface area (Å²) in [6, 6.07) is 0. The van der Waals surface area contributed by atoms with Crippen molar-refractivity contribution in [1.29, 1.82) is 0 Å². The second kappa shape index (κ2) is 3.10. The Kier molecular flexibility index (Phi) is 1.92. The third-order valence-corrected chi connectivity index (χ3v) is 1.96. The van der Waals surface area contributed by atoms with Gasteiger partial charge in [-0.15, -0.1) is 0 Å². The summed E-state index contributed by atoms with van der Waals surface area (Å²) in [5.41, 5.74) is 7.87. The monoisotopic (exact) mass is 190 g/mol. The Morgan fingerprint density at radius 1 is 1.21 bits per heavy atom. The van der Waals surface area contributed by atoms with Crippen molar-refractivity contribution in [2.45, 2.75) is 13.8 Å². The normalized spacial score (nSPS) is 10.4. The van der Waals surface area contributed by atoms with Crippen LogP contribution in [0.4, 0.5) is 5.82 Å². The molecule has 0 fully saturated rings. The SMILES string of the molecule is Cc1noc(C)c1-c1cnc(N)cn1. The smallest absolute Gasteiger partial charge is 0.143 e. The summed E-state index contributed by atoms with van der Waals surface area (Å²) in [6.45, 7) is 3.71. The standard InChI is InChI=1S/C9H10N4O/c1-5-9(6(2)14-13-5)7-3-12-8(10)4-11-7/h3-4H,1-2H3,(H2,10,12). The van der Waals surface area contributed by atoms with Crippen LogP contribution >= 0.6 is 0 Å². The van der Waals surface area contributed by atoms with Crippen molar-refractivity contribution in [3.05, 3.63) is 23.8 Å². The Bertz CT molecular complexity index is 427. The van der Waals surface area contributed by atoms with E-state index in [1.54, 1.807) is 6.20 Å². The van der Waals surface area contributed by atoms with E-state index in [0.717, 1.165) is 22.7 Å². The Morgan fingerprint density at radius 3 is 2.50 bits per heavy atom. The quantitative estimate of drug-likeness (QED) is 0.733. The molecule has 2 heterocycles. The minimum atomic E-state index is 0.403. The van der Waals surface area contributed by atoms with E-state index in [2.05, 4.69) is 15.1 Å². The van der Waals surface area contributed by atoms with Gasteiger partial charge in [0, 0.05) is 0 Å². The second-order valence-electron chi connectivity index (χ2n) is 3.03. The van der Waals surface area contributed by atoms with Crippen LogP contribution in [0.25, 0.3) is 11.3 Å². The molecule has 0 aliphatic rings. The van der Waals surface area contributed by atoms with E-state index in [4.69, 9.17) is 10.3 Å². The molecule has 0 spiro atoms. The van der Waals surface area contributed by atoms with E-state index in [1.165, 1.54) is 6.20 Å². The number of anilines is 1. The van der Waals surface area contributed by atoms with Crippen LogP contribution in [0.5, 0.6) is 0 Å². The van der Waals surface area contributed by atoms with Crippen molar-refractivity contribution in [3.63, 3.8) is 0 Å². The van der Waals surface area contributed by atoms with E-state index in [0.29, 0.717) is 5.82 Å². The van der Waals surface area contributed by atoms with Gasteiger partial charge in [0.25, 0.3) is 0 Å². The molecule has 0 saturated carbocycles. The second-order valence-corrected chi connectivity index (χ2v) is 3.03. The molecule has 0 aliphatic carbocycles. The molecule has 0 radical (unpaired) electrons. The van der Waals surface area contributed by atoms with Gasteiger partial charge in [0.1, 0.15) is 11.6 Å². The molecule has 0 unspecified atom stereocenters. The maximum atomic E-state index is 5.44. The van der Waals surface area contributed by atoms with Crippen LogP contribution in [0.3, 0.4) is 0 Å². The van der Waals surface area contributed by atoms with Crippen LogP contribution in [0.15, 0.2) is 16.9 Å². The number of hydrogen-bond donors (Lipinski definition) is 1. The fraction of sp³-hybridized carbons (Fsp3) is 0.222. The zero-order valence-electron chi connectivity index (χ0n) is 7.98. The van der Waals surface area contributed by atoms with E-state index in [1.807, 2.05) is 13.8 Å². The van der Waals surface area contributed by atoms with Crippen LogP contribution in [-0.4, -0.2) is 15.1 Å². The van der Waals surface area contributed by atoms with Crippen LogP contribution in [0, 0.1) is 13.8 Å². The molecule has 2 N–H and O–H groups in total. The Hall–Kier alpha value is -1.91. The average molecular weight is 190 g/mol. The van der Waals surface area contributed by atoms with Gasteiger partial charge in [0.05, 0.1) is 29.3 Å². The molecule has 0 aliphatic heterocycles. The molecular formula is C9H10N4O. The fourth-order valence-electron chi connectivity index (χ4n) is 1.32. The van der Waals surface area contributed by atoms with E-state index >= 15 is 0 Å². The van der Waals surface area contributed by atoms with Crippen molar-refractivity contribution in [3.8, 4) is 11.3 Å². The Labute approximate surface area is 81.0 Å². The van der Waals surface area contributed by atoms with Gasteiger partial charge in [-0.2, -0.15) is 0 Å². The van der Waals surface area contributed by atoms with Gasteiger partial charge in [0.15, 0.2) is 0 Å². The topological polar surface area (TPSA) is 77.8 Å². The lowest BCUT2D eigenvalue weighted by atomic mass is 10.1. The van der Waals surface area contributed by atoms with E-state index in [9.17, 15) is 0 Å². The maximum absolute atomic E-state index is 5.44. The molecule has 5 heteroatoms. The molecule has 0 aromatic carbocycles. The van der Waals surface area contributed by atoms with Gasteiger partial charge in [-0.1, -0.05) is 5.16 Å². The highest BCUT2D eigenvalue weighted by atomic mass is 16.5. The number of nitrogen functional groups attached to an aromatic ring is 1. The van der Waals surface area contributed by atoms with Gasteiger partial charge in [0.2, 0.25) is 0 Å². The largest absolute Gasteiger partial charge is 0.382 e. The Balaban J connectivity index is 2.54. The summed E-state index contributed by atoms with van der Waals surface area (Å²) in [5, 5.41) is 3.84. The van der Waals surface area contributed by atoms with E-state index < -0.39 is 0 Å². The molecule has 2 aromatic rings. The minimum Gasteiger partial charge on any atom is -0.382 e. The number of hydrogen-bond acceptors (Lipinski definition) is 5. The molecule has 2 aromatic heterocycles. The molecule has 5 nitrogen and oxygen atoms in total. The van der Waals surface area contributed by atoms with Crippen molar-refractivity contribution >= 4 is 5.82 Å². The highest BCUT2D eigenvalue weighted by molar-refractivity contribution is 5.63. The van der Waals surface area contributed by atoms with Crippen LogP contribution < -0.4 is 5.73 Å². The van der Waals surface area contributed by atoms with Crippen LogP contribution in [0.2, 0.25) is 0 Å². The van der Waals surface area contributed by atoms with E-state index in [-0.39, 0.29) is 0 Å². The van der Waals surface area contributed by atoms with Gasteiger partial charge in [-0.3, -0.25) is 4.98 Å². The summed E-state index contributed by atoms with van der Waals surface area (Å²) < 4.78 is 5.03. The fourth-order valence-corrected chi connectivity index (χ4v) is 1.32. The number of nitrogens with two attached hydrogens (primary N) is 1. The van der Waals surface area contributed by atoms with Gasteiger partial charge in [-0.25, -0.2) is 4.98 Å². The minimum absolute atomic E-state index is 0.403. The number of nitrogens with zero attached hydrogens (tertiary/aromatic N) is 3. The number of aromatic nitrogens is 3.